The van der Waals surface area contributed by atoms with Gasteiger partial charge in [-0.15, -0.1) is 0 Å². The number of hydrogen-bond acceptors (Lipinski definition) is 2. The fourth-order valence-corrected chi connectivity index (χ4v) is 3.93. The van der Waals surface area contributed by atoms with Crippen LogP contribution in [0.25, 0.3) is 0 Å². The number of nitrogens with zero attached hydrogens (tertiary/aromatic N) is 2. The molecule has 2 saturated heterocycles. The Kier molecular flexibility index (Phi) is 4.02. The number of piperidine rings is 1. The van der Waals surface area contributed by atoms with Gasteiger partial charge in [-0.25, -0.2) is 0 Å². The molecule has 1 aromatic carbocycles. The first-order valence-corrected chi connectivity index (χ1v) is 8.26. The number of rotatable bonds is 2. The highest BCUT2D eigenvalue weighted by atomic mass is 15.3. The lowest BCUT2D eigenvalue weighted by atomic mass is 9.94. The molecule has 3 rings (SSSR count). The summed E-state index contributed by atoms with van der Waals surface area (Å²) in [7, 11) is 0. The van der Waals surface area contributed by atoms with Gasteiger partial charge in [-0.2, -0.15) is 0 Å². The summed E-state index contributed by atoms with van der Waals surface area (Å²) in [5, 5.41) is 0. The van der Waals surface area contributed by atoms with Crippen LogP contribution in [-0.2, 0) is 0 Å². The molecule has 0 spiro atoms. The smallest absolute Gasteiger partial charge is 0.0404 e. The van der Waals surface area contributed by atoms with Crippen molar-refractivity contribution in [1.29, 1.82) is 0 Å². The van der Waals surface area contributed by atoms with E-state index in [0.29, 0.717) is 12.0 Å². The Morgan fingerprint density at radius 3 is 2.70 bits per heavy atom. The van der Waals surface area contributed by atoms with Crippen LogP contribution >= 0.6 is 0 Å². The van der Waals surface area contributed by atoms with Crippen LogP contribution in [0.5, 0.6) is 0 Å². The van der Waals surface area contributed by atoms with Gasteiger partial charge in [-0.3, -0.25) is 4.90 Å². The second-order valence-corrected chi connectivity index (χ2v) is 6.86. The minimum Gasteiger partial charge on any atom is -0.366 e. The van der Waals surface area contributed by atoms with Gasteiger partial charge >= 0.3 is 0 Å². The van der Waals surface area contributed by atoms with Crippen molar-refractivity contribution in [1.82, 2.24) is 4.90 Å². The van der Waals surface area contributed by atoms with Gasteiger partial charge in [0.2, 0.25) is 0 Å². The Balaban J connectivity index is 1.86. The largest absolute Gasteiger partial charge is 0.366 e. The maximum Gasteiger partial charge on any atom is 0.0404 e. The third kappa shape index (κ3) is 2.58. The van der Waals surface area contributed by atoms with Gasteiger partial charge < -0.3 is 4.90 Å². The van der Waals surface area contributed by atoms with Gasteiger partial charge in [0, 0.05) is 30.9 Å². The molecule has 0 saturated carbocycles. The van der Waals surface area contributed by atoms with Crippen LogP contribution in [0.3, 0.4) is 0 Å². The van der Waals surface area contributed by atoms with Crippen molar-refractivity contribution in [3.8, 4) is 0 Å². The maximum atomic E-state index is 2.72. The molecule has 0 amide bonds. The van der Waals surface area contributed by atoms with Crippen LogP contribution in [0.15, 0.2) is 24.3 Å². The molecule has 2 aliphatic heterocycles. The molecule has 2 unspecified atom stereocenters. The van der Waals surface area contributed by atoms with Crippen LogP contribution in [0.4, 0.5) is 5.69 Å². The van der Waals surface area contributed by atoms with E-state index in [2.05, 4.69) is 54.8 Å². The molecule has 2 heterocycles. The van der Waals surface area contributed by atoms with E-state index in [1.807, 2.05) is 0 Å². The highest BCUT2D eigenvalue weighted by Crippen LogP contribution is 2.33. The first-order chi connectivity index (χ1) is 9.66. The molecule has 0 aromatic heterocycles. The Morgan fingerprint density at radius 1 is 1.10 bits per heavy atom. The van der Waals surface area contributed by atoms with E-state index in [4.69, 9.17) is 0 Å². The van der Waals surface area contributed by atoms with Gasteiger partial charge in [-0.1, -0.05) is 38.5 Å². The molecule has 2 heteroatoms. The lowest BCUT2D eigenvalue weighted by molar-refractivity contribution is 0.115. The van der Waals surface area contributed by atoms with E-state index < -0.39 is 0 Å². The monoisotopic (exact) mass is 272 g/mol. The first-order valence-electron chi connectivity index (χ1n) is 8.26. The molecule has 1 aromatic rings. The number of benzene rings is 1. The molecule has 2 fully saturated rings. The predicted molar refractivity (Wildman–Crippen MR) is 86.6 cm³/mol. The second-order valence-electron chi connectivity index (χ2n) is 6.86. The number of anilines is 1. The maximum absolute atomic E-state index is 2.72. The molecule has 110 valence electrons. The Hall–Kier alpha value is -1.02. The number of hydrogen-bond donors (Lipinski definition) is 0. The third-order valence-electron chi connectivity index (χ3n) is 5.06. The van der Waals surface area contributed by atoms with Crippen LogP contribution in [0.1, 0.15) is 51.5 Å². The molecular weight excluding hydrogens is 244 g/mol. The van der Waals surface area contributed by atoms with E-state index in [9.17, 15) is 0 Å². The lowest BCUT2D eigenvalue weighted by Crippen LogP contribution is -2.59. The summed E-state index contributed by atoms with van der Waals surface area (Å²) in [6.07, 6.45) is 4.19. The molecule has 0 bridgehead atoms. The zero-order valence-corrected chi connectivity index (χ0v) is 13.2. The number of fused-ring (bicyclic) bond motifs is 1. The normalized spacial score (nSPS) is 27.7. The zero-order valence-electron chi connectivity index (χ0n) is 13.2. The molecule has 0 aliphatic carbocycles. The molecule has 2 atom stereocenters. The highest BCUT2D eigenvalue weighted by molar-refractivity contribution is 5.56. The van der Waals surface area contributed by atoms with Crippen LogP contribution in [-0.4, -0.2) is 36.6 Å². The summed E-state index contributed by atoms with van der Waals surface area (Å²) in [6, 6.07) is 10.4. The molecule has 2 aliphatic rings. The highest BCUT2D eigenvalue weighted by Gasteiger charge is 2.33. The molecule has 0 N–H and O–H groups in total. The van der Waals surface area contributed by atoms with Gasteiger partial charge in [0.15, 0.2) is 0 Å². The number of para-hydroxylation sites is 1. The second kappa shape index (κ2) is 5.77. The van der Waals surface area contributed by atoms with Crippen LogP contribution in [0.2, 0.25) is 0 Å². The van der Waals surface area contributed by atoms with E-state index in [0.717, 1.165) is 6.04 Å². The summed E-state index contributed by atoms with van der Waals surface area (Å²) in [5.41, 5.74) is 2.98. The van der Waals surface area contributed by atoms with Gasteiger partial charge in [-0.05, 0) is 43.9 Å². The zero-order chi connectivity index (χ0) is 14.1. The minimum absolute atomic E-state index is 0.600. The van der Waals surface area contributed by atoms with Gasteiger partial charge in [0.05, 0.1) is 0 Å². The van der Waals surface area contributed by atoms with Gasteiger partial charge in [0.1, 0.15) is 0 Å². The standard InChI is InChI=1S/C18H28N2/c1-14(2)17-9-4-5-10-18(17)20-13-16-8-6-7-11-19(16)12-15(20)3/h4-5,9-10,14-16H,6-8,11-13H2,1-3H3. The van der Waals surface area contributed by atoms with Crippen molar-refractivity contribution >= 4 is 5.69 Å². The summed E-state index contributed by atoms with van der Waals surface area (Å²) in [6.45, 7) is 10.8. The quantitative estimate of drug-likeness (QED) is 0.806. The van der Waals surface area contributed by atoms with Crippen molar-refractivity contribution in [3.05, 3.63) is 29.8 Å². The summed E-state index contributed by atoms with van der Waals surface area (Å²) in [4.78, 5) is 5.39. The Morgan fingerprint density at radius 2 is 1.90 bits per heavy atom. The molecule has 20 heavy (non-hydrogen) atoms. The van der Waals surface area contributed by atoms with E-state index in [1.54, 1.807) is 0 Å². The molecular formula is C18H28N2. The summed E-state index contributed by atoms with van der Waals surface area (Å²) in [5.74, 6) is 0.600. The Bertz CT molecular complexity index is 454. The van der Waals surface area contributed by atoms with Crippen molar-refractivity contribution in [2.75, 3.05) is 24.5 Å². The lowest BCUT2D eigenvalue weighted by Gasteiger charge is -2.49. The van der Waals surface area contributed by atoms with Crippen molar-refractivity contribution in [2.45, 2.75) is 58.0 Å². The fraction of sp³-hybridized carbons (Fsp3) is 0.667. The van der Waals surface area contributed by atoms with Crippen LogP contribution in [0, 0.1) is 0 Å². The average molecular weight is 272 g/mol. The van der Waals surface area contributed by atoms with Crippen molar-refractivity contribution in [3.63, 3.8) is 0 Å². The minimum atomic E-state index is 0.600. The first kappa shape index (κ1) is 13.9. The van der Waals surface area contributed by atoms with E-state index in [-0.39, 0.29) is 0 Å². The van der Waals surface area contributed by atoms with E-state index in [1.165, 1.54) is 50.1 Å². The topological polar surface area (TPSA) is 6.48 Å². The predicted octanol–water partition coefficient (Wildman–Crippen LogP) is 3.87. The molecule has 2 nitrogen and oxygen atoms in total. The Labute approximate surface area is 123 Å². The summed E-state index contributed by atoms with van der Waals surface area (Å²) < 4.78 is 0. The fourth-order valence-electron chi connectivity index (χ4n) is 3.93. The van der Waals surface area contributed by atoms with Crippen molar-refractivity contribution in [2.24, 2.45) is 0 Å². The third-order valence-corrected chi connectivity index (χ3v) is 5.06. The van der Waals surface area contributed by atoms with Crippen molar-refractivity contribution < 1.29 is 0 Å². The molecule has 0 radical (unpaired) electrons. The van der Waals surface area contributed by atoms with Gasteiger partial charge in [0.25, 0.3) is 0 Å². The van der Waals surface area contributed by atoms with E-state index >= 15 is 0 Å². The van der Waals surface area contributed by atoms with Crippen LogP contribution < -0.4 is 4.90 Å². The number of piperazine rings is 1. The summed E-state index contributed by atoms with van der Waals surface area (Å²) >= 11 is 0. The SMILES string of the molecule is CC(C)c1ccccc1N1CC2CCCCN2CC1C. The average Bonchev–Trinajstić information content (AvgIpc) is 2.46.